The molecule has 5 N–H and O–H groups in total. The summed E-state index contributed by atoms with van der Waals surface area (Å²) < 4.78 is 35.0. The van der Waals surface area contributed by atoms with Crippen molar-refractivity contribution in [3.8, 4) is 5.75 Å². The van der Waals surface area contributed by atoms with E-state index < -0.39 is 22.0 Å². The lowest BCUT2D eigenvalue weighted by molar-refractivity contribution is -0.124. The van der Waals surface area contributed by atoms with Crippen molar-refractivity contribution in [3.63, 3.8) is 0 Å². The Hall–Kier alpha value is -4.43. The Labute approximate surface area is 287 Å². The maximum absolute atomic E-state index is 13.9. The minimum Gasteiger partial charge on any atom is -0.487 e. The molecule has 3 aromatic carbocycles. The predicted octanol–water partition coefficient (Wildman–Crippen LogP) is 4.61. The van der Waals surface area contributed by atoms with Gasteiger partial charge in [0.1, 0.15) is 28.8 Å². The molecular weight excluding hydrogens is 679 g/mol. The van der Waals surface area contributed by atoms with Gasteiger partial charge in [0.2, 0.25) is 15.9 Å². The maximum Gasteiger partial charge on any atom is 0.251 e. The summed E-state index contributed by atoms with van der Waals surface area (Å²) in [7, 11) is -4.19. The molecule has 1 atom stereocenters. The van der Waals surface area contributed by atoms with Gasteiger partial charge in [-0.2, -0.15) is 4.31 Å². The molecule has 0 unspecified atom stereocenters. The van der Waals surface area contributed by atoms with Crippen LogP contribution >= 0.6 is 23.2 Å². The van der Waals surface area contributed by atoms with Crippen molar-refractivity contribution >= 4 is 61.8 Å². The van der Waals surface area contributed by atoms with Crippen LogP contribution in [0.2, 0.25) is 10.0 Å². The molecule has 0 saturated carbocycles. The van der Waals surface area contributed by atoms with E-state index >= 15 is 0 Å². The number of para-hydroxylation sites is 1. The number of hydrogen-bond donors (Lipinski definition) is 4. The average molecular weight is 714 g/mol. The Balaban J connectivity index is 1.19. The van der Waals surface area contributed by atoms with Gasteiger partial charge in [-0.05, 0) is 62.6 Å². The molecule has 12 nitrogen and oxygen atoms in total. The number of halogens is 2. The molecule has 0 spiro atoms. The van der Waals surface area contributed by atoms with E-state index in [9.17, 15) is 18.0 Å². The quantitative estimate of drug-likeness (QED) is 0.0541. The number of sulfonamides is 1. The summed E-state index contributed by atoms with van der Waals surface area (Å²) in [5.74, 6) is -0.327. The normalized spacial score (nSPS) is 15.4. The number of amides is 2. The fourth-order valence-corrected chi connectivity index (χ4v) is 7.90. The number of aromatic nitrogens is 1. The minimum atomic E-state index is -4.19. The molecule has 5 rings (SSSR count). The van der Waals surface area contributed by atoms with Gasteiger partial charge in [-0.25, -0.2) is 13.4 Å². The number of carbonyl (C=O) groups excluding carboxylic acids is 2. The second-order valence-corrected chi connectivity index (χ2v) is 13.8. The van der Waals surface area contributed by atoms with Gasteiger partial charge in [-0.15, -0.1) is 0 Å². The molecule has 1 fully saturated rings. The highest BCUT2D eigenvalue weighted by Gasteiger charge is 2.40. The number of ether oxygens (including phenoxy) is 1. The molecule has 48 heavy (non-hydrogen) atoms. The summed E-state index contributed by atoms with van der Waals surface area (Å²) in [6, 6.07) is 17.4. The number of oxime groups is 1. The highest BCUT2D eigenvalue weighted by molar-refractivity contribution is 7.89. The number of nitrogens with zero attached hydrogens (tertiary/aromatic N) is 3. The Morgan fingerprint density at radius 3 is 2.52 bits per heavy atom. The van der Waals surface area contributed by atoms with Crippen LogP contribution in [0.3, 0.4) is 0 Å². The molecule has 1 saturated heterocycles. The number of nitrogens with one attached hydrogen (secondary N) is 2. The number of fused-ring (bicyclic) bond motifs is 1. The number of amidine groups is 1. The van der Waals surface area contributed by atoms with E-state index in [0.29, 0.717) is 47.2 Å². The maximum atomic E-state index is 13.9. The van der Waals surface area contributed by atoms with E-state index in [4.69, 9.17) is 38.9 Å². The predicted molar refractivity (Wildman–Crippen MR) is 183 cm³/mol. The SMILES string of the molecule is Cc1ccc2cccc(OCc3c(Cl)ccc(S(=O)(=O)N4CCC[C@H]4C(=O)NCCCNC(=O)c4ccc(/C(N)=N\O)cc4)c3Cl)c2n1. The fraction of sp³-hybridized carbons (Fsp3) is 0.273. The van der Waals surface area contributed by atoms with E-state index in [1.54, 1.807) is 30.3 Å². The second kappa shape index (κ2) is 15.2. The monoisotopic (exact) mass is 712 g/mol. The lowest BCUT2D eigenvalue weighted by atomic mass is 10.1. The Bertz CT molecular complexity index is 1970. The Morgan fingerprint density at radius 2 is 1.77 bits per heavy atom. The molecule has 15 heteroatoms. The first-order valence-electron chi connectivity index (χ1n) is 15.1. The van der Waals surface area contributed by atoms with E-state index in [2.05, 4.69) is 20.8 Å². The molecule has 1 aromatic heterocycles. The van der Waals surface area contributed by atoms with Crippen molar-refractivity contribution in [3.05, 3.63) is 99.2 Å². The zero-order chi connectivity index (χ0) is 34.4. The van der Waals surface area contributed by atoms with Crippen LogP contribution in [0, 0.1) is 6.92 Å². The molecule has 0 radical (unpaired) electrons. The zero-order valence-corrected chi connectivity index (χ0v) is 28.3. The van der Waals surface area contributed by atoms with E-state index in [1.807, 2.05) is 31.2 Å². The molecule has 4 aromatic rings. The van der Waals surface area contributed by atoms with E-state index in [0.717, 1.165) is 11.1 Å². The third-order valence-corrected chi connectivity index (χ3v) is 10.8. The van der Waals surface area contributed by atoms with Crippen LogP contribution in [0.1, 0.15) is 46.4 Å². The van der Waals surface area contributed by atoms with Crippen LogP contribution in [0.15, 0.2) is 76.8 Å². The van der Waals surface area contributed by atoms with Crippen molar-refractivity contribution in [2.45, 2.75) is 43.7 Å². The van der Waals surface area contributed by atoms with Crippen molar-refractivity contribution in [1.82, 2.24) is 19.9 Å². The van der Waals surface area contributed by atoms with Gasteiger partial charge >= 0.3 is 0 Å². The molecule has 1 aliphatic heterocycles. The van der Waals surface area contributed by atoms with Gasteiger partial charge in [0, 0.05) is 52.4 Å². The van der Waals surface area contributed by atoms with Crippen LogP contribution in [-0.4, -0.2) is 66.2 Å². The highest BCUT2D eigenvalue weighted by atomic mass is 35.5. The van der Waals surface area contributed by atoms with Gasteiger partial charge in [-0.3, -0.25) is 9.59 Å². The summed E-state index contributed by atoms with van der Waals surface area (Å²) in [5.41, 5.74) is 8.17. The van der Waals surface area contributed by atoms with Gasteiger partial charge in [0.05, 0.1) is 5.02 Å². The van der Waals surface area contributed by atoms with E-state index in [1.165, 1.54) is 16.4 Å². The van der Waals surface area contributed by atoms with Gasteiger partial charge in [0.15, 0.2) is 5.84 Å². The Morgan fingerprint density at radius 1 is 1.04 bits per heavy atom. The zero-order valence-electron chi connectivity index (χ0n) is 25.9. The van der Waals surface area contributed by atoms with Crippen LogP contribution in [0.25, 0.3) is 10.9 Å². The van der Waals surface area contributed by atoms with Crippen LogP contribution in [0.4, 0.5) is 0 Å². The lowest BCUT2D eigenvalue weighted by Gasteiger charge is -2.24. The number of carbonyl (C=O) groups is 2. The van der Waals surface area contributed by atoms with Gasteiger partial charge in [0.25, 0.3) is 5.91 Å². The standard InChI is InChI=1S/C33H34Cl2N6O6S/c1-20-8-9-21-5-2-7-27(30(21)39-20)47-19-24-25(34)14-15-28(29(24)35)48(45,46)41-18-3-6-26(41)33(43)38-17-4-16-37-32(42)23-12-10-22(11-13-23)31(36)40-44/h2,5,7-15,26,44H,3-4,6,16-19H2,1H3,(H2,36,40)(H,37,42)(H,38,43)/t26-/m0/s1. The van der Waals surface area contributed by atoms with Gasteiger partial charge < -0.3 is 26.3 Å². The lowest BCUT2D eigenvalue weighted by Crippen LogP contribution is -2.46. The first-order valence-corrected chi connectivity index (χ1v) is 17.3. The molecule has 1 aliphatic rings. The second-order valence-electron chi connectivity index (χ2n) is 11.1. The molecular formula is C33H34Cl2N6O6S. The molecule has 2 heterocycles. The van der Waals surface area contributed by atoms with Gasteiger partial charge in [-0.1, -0.05) is 58.7 Å². The number of benzene rings is 3. The first kappa shape index (κ1) is 34.9. The van der Waals surface area contributed by atoms with Crippen LogP contribution in [-0.2, 0) is 21.4 Å². The summed E-state index contributed by atoms with van der Waals surface area (Å²) in [4.78, 5) is 30.0. The molecule has 252 valence electrons. The topological polar surface area (TPSA) is 176 Å². The summed E-state index contributed by atoms with van der Waals surface area (Å²) in [5, 5.41) is 18.3. The first-order chi connectivity index (χ1) is 23.0. The summed E-state index contributed by atoms with van der Waals surface area (Å²) in [6.07, 6.45) is 1.26. The van der Waals surface area contributed by atoms with Crippen molar-refractivity contribution in [1.29, 1.82) is 0 Å². The van der Waals surface area contributed by atoms with Crippen LogP contribution in [0.5, 0.6) is 5.75 Å². The third-order valence-electron chi connectivity index (χ3n) is 7.93. The van der Waals surface area contributed by atoms with E-state index in [-0.39, 0.29) is 52.9 Å². The van der Waals surface area contributed by atoms with Crippen molar-refractivity contribution < 1.29 is 28.0 Å². The van der Waals surface area contributed by atoms with Crippen molar-refractivity contribution in [2.24, 2.45) is 10.9 Å². The number of rotatable bonds is 12. The van der Waals surface area contributed by atoms with Crippen molar-refractivity contribution in [2.75, 3.05) is 19.6 Å². The average Bonchev–Trinajstić information content (AvgIpc) is 3.59. The summed E-state index contributed by atoms with van der Waals surface area (Å²) in [6.45, 7) is 2.42. The minimum absolute atomic E-state index is 0.0669. The summed E-state index contributed by atoms with van der Waals surface area (Å²) >= 11 is 13.2. The number of aryl methyl sites for hydroxylation is 1. The number of pyridine rings is 1. The Kier molecular flexibility index (Phi) is 11.0. The molecule has 0 bridgehead atoms. The smallest absolute Gasteiger partial charge is 0.251 e. The molecule has 2 amide bonds. The fourth-order valence-electron chi connectivity index (χ4n) is 5.38. The largest absolute Gasteiger partial charge is 0.487 e. The number of hydrogen-bond acceptors (Lipinski definition) is 8. The van der Waals surface area contributed by atoms with Crippen LogP contribution < -0.4 is 21.1 Å². The highest BCUT2D eigenvalue weighted by Crippen LogP contribution is 2.36. The third kappa shape index (κ3) is 7.65. The number of nitrogens with two attached hydrogens (primary N) is 1. The molecule has 0 aliphatic carbocycles.